The summed E-state index contributed by atoms with van der Waals surface area (Å²) in [6.45, 7) is 0.871. The molecule has 10 heteroatoms. The second-order valence-corrected chi connectivity index (χ2v) is 8.32. The number of alkyl halides is 3. The molecule has 0 radical (unpaired) electrons. The molecule has 4 rings (SSSR count). The molecule has 1 fully saturated rings. The zero-order valence-corrected chi connectivity index (χ0v) is 18.8. The van der Waals surface area contributed by atoms with Crippen LogP contribution in [0.4, 0.5) is 23.4 Å². The molecule has 1 amide bonds. The van der Waals surface area contributed by atoms with Crippen LogP contribution in [-0.2, 0) is 35.0 Å². The molecule has 0 unspecified atom stereocenters. The molecule has 1 aliphatic rings. The first-order valence-electron chi connectivity index (χ1n) is 11.1. The lowest BCUT2D eigenvalue weighted by Crippen LogP contribution is -2.40. The van der Waals surface area contributed by atoms with Crippen LogP contribution in [0.5, 0.6) is 0 Å². The zero-order chi connectivity index (χ0) is 25.0. The Morgan fingerprint density at radius 3 is 2.37 bits per heavy atom. The average Bonchev–Trinajstić information content (AvgIpc) is 2.84. The third-order valence-corrected chi connectivity index (χ3v) is 5.92. The first kappa shape index (κ1) is 24.6. The van der Waals surface area contributed by atoms with Crippen molar-refractivity contribution in [2.24, 2.45) is 5.73 Å². The Morgan fingerprint density at radius 1 is 1.03 bits per heavy atom. The standard InChI is InChI=1S/C25H24F4N4O2/c26-23-20(10-5-16-1-3-17(4-2-16)13-22(30)34)31-15-32-24(23)33-11-12-35-14-21(33)18-6-8-19(9-7-18)25(27,28)29/h1-4,6-9,15,21H,5,10-14H2,(H2,30,34)/t21-/m1/s1. The number of benzene rings is 2. The van der Waals surface area contributed by atoms with Gasteiger partial charge in [-0.15, -0.1) is 0 Å². The maximum Gasteiger partial charge on any atom is 0.416 e. The van der Waals surface area contributed by atoms with Gasteiger partial charge in [-0.1, -0.05) is 36.4 Å². The van der Waals surface area contributed by atoms with Crippen LogP contribution in [-0.4, -0.2) is 35.6 Å². The normalized spacial score (nSPS) is 16.3. The summed E-state index contributed by atoms with van der Waals surface area (Å²) in [5.74, 6) is -0.872. The van der Waals surface area contributed by atoms with Crippen molar-refractivity contribution in [3.8, 4) is 0 Å². The van der Waals surface area contributed by atoms with Crippen LogP contribution in [0.1, 0.15) is 34.0 Å². The first-order valence-corrected chi connectivity index (χ1v) is 11.1. The van der Waals surface area contributed by atoms with Crippen molar-refractivity contribution in [3.63, 3.8) is 0 Å². The van der Waals surface area contributed by atoms with Gasteiger partial charge in [0.25, 0.3) is 0 Å². The van der Waals surface area contributed by atoms with E-state index in [-0.39, 0.29) is 24.5 Å². The summed E-state index contributed by atoms with van der Waals surface area (Å²) in [5.41, 5.74) is 7.04. The average molecular weight is 488 g/mol. The lowest BCUT2D eigenvalue weighted by Gasteiger charge is -2.37. The van der Waals surface area contributed by atoms with Crippen LogP contribution in [0, 0.1) is 5.82 Å². The number of amides is 1. The van der Waals surface area contributed by atoms with E-state index in [1.807, 2.05) is 24.3 Å². The number of hydrogen-bond acceptors (Lipinski definition) is 5. The fourth-order valence-corrected chi connectivity index (χ4v) is 4.09. The van der Waals surface area contributed by atoms with E-state index in [1.165, 1.54) is 18.5 Å². The van der Waals surface area contributed by atoms with Gasteiger partial charge in [0.2, 0.25) is 5.91 Å². The summed E-state index contributed by atoms with van der Waals surface area (Å²) in [6.07, 6.45) is -2.13. The molecule has 35 heavy (non-hydrogen) atoms. The largest absolute Gasteiger partial charge is 0.416 e. The number of ether oxygens (including phenoxy) is 1. The molecule has 1 aliphatic heterocycles. The van der Waals surface area contributed by atoms with Crippen LogP contribution in [0.2, 0.25) is 0 Å². The van der Waals surface area contributed by atoms with Crippen LogP contribution >= 0.6 is 0 Å². The van der Waals surface area contributed by atoms with Gasteiger partial charge in [-0.2, -0.15) is 13.2 Å². The van der Waals surface area contributed by atoms with Crippen LogP contribution in [0.15, 0.2) is 54.9 Å². The summed E-state index contributed by atoms with van der Waals surface area (Å²) in [5, 5.41) is 0. The Morgan fingerprint density at radius 2 is 1.71 bits per heavy atom. The summed E-state index contributed by atoms with van der Waals surface area (Å²) in [7, 11) is 0. The minimum atomic E-state index is -4.43. The van der Waals surface area contributed by atoms with Crippen LogP contribution in [0.3, 0.4) is 0 Å². The molecule has 0 aliphatic carbocycles. The first-order chi connectivity index (χ1) is 16.7. The van der Waals surface area contributed by atoms with E-state index in [0.29, 0.717) is 31.6 Å². The number of halogens is 4. The van der Waals surface area contributed by atoms with E-state index in [9.17, 15) is 18.0 Å². The molecule has 1 saturated heterocycles. The molecule has 0 saturated carbocycles. The number of morpholine rings is 1. The molecular weight excluding hydrogens is 464 g/mol. The van der Waals surface area contributed by atoms with Crippen molar-refractivity contribution >= 4 is 11.7 Å². The monoisotopic (exact) mass is 488 g/mol. The minimum Gasteiger partial charge on any atom is -0.377 e. The number of nitrogens with zero attached hydrogens (tertiary/aromatic N) is 3. The molecule has 3 aromatic rings. The maximum atomic E-state index is 15.5. The van der Waals surface area contributed by atoms with E-state index in [1.54, 1.807) is 4.90 Å². The highest BCUT2D eigenvalue weighted by atomic mass is 19.4. The van der Waals surface area contributed by atoms with Gasteiger partial charge in [-0.05, 0) is 41.7 Å². The summed E-state index contributed by atoms with van der Waals surface area (Å²) in [6, 6.07) is 11.7. The Kier molecular flexibility index (Phi) is 7.30. The SMILES string of the molecule is NC(=O)Cc1ccc(CCc2ncnc(N3CCOC[C@@H]3c3ccc(C(F)(F)F)cc3)c2F)cc1. The summed E-state index contributed by atoms with van der Waals surface area (Å²) in [4.78, 5) is 21.0. The van der Waals surface area contributed by atoms with Gasteiger partial charge in [0, 0.05) is 6.54 Å². The van der Waals surface area contributed by atoms with E-state index in [0.717, 1.165) is 23.3 Å². The maximum absolute atomic E-state index is 15.5. The zero-order valence-electron chi connectivity index (χ0n) is 18.8. The molecule has 2 heterocycles. The topological polar surface area (TPSA) is 81.3 Å². The van der Waals surface area contributed by atoms with Crippen LogP contribution < -0.4 is 10.6 Å². The Labute approximate surface area is 199 Å². The lowest BCUT2D eigenvalue weighted by molar-refractivity contribution is -0.137. The number of nitrogens with two attached hydrogens (primary N) is 1. The molecule has 0 bridgehead atoms. The van der Waals surface area contributed by atoms with Gasteiger partial charge in [-0.3, -0.25) is 4.79 Å². The van der Waals surface area contributed by atoms with Gasteiger partial charge in [0.1, 0.15) is 6.33 Å². The van der Waals surface area contributed by atoms with Crippen molar-refractivity contribution in [2.75, 3.05) is 24.7 Å². The van der Waals surface area contributed by atoms with Gasteiger partial charge in [-0.25, -0.2) is 14.4 Å². The van der Waals surface area contributed by atoms with Gasteiger partial charge in [0.05, 0.1) is 36.9 Å². The third-order valence-electron chi connectivity index (χ3n) is 5.92. The Bertz CT molecular complexity index is 1170. The molecule has 1 atom stereocenters. The van der Waals surface area contributed by atoms with E-state index >= 15 is 4.39 Å². The second-order valence-electron chi connectivity index (χ2n) is 8.32. The molecule has 2 aromatic carbocycles. The van der Waals surface area contributed by atoms with Gasteiger partial charge in [0.15, 0.2) is 11.6 Å². The quantitative estimate of drug-likeness (QED) is 0.508. The van der Waals surface area contributed by atoms with Crippen molar-refractivity contribution in [2.45, 2.75) is 31.5 Å². The number of carbonyl (C=O) groups excluding carboxylic acids is 1. The number of aromatic nitrogens is 2. The van der Waals surface area contributed by atoms with E-state index < -0.39 is 29.5 Å². The second kappa shape index (κ2) is 10.4. The molecular formula is C25H24F4N4O2. The number of primary amides is 1. The highest BCUT2D eigenvalue weighted by molar-refractivity contribution is 5.76. The predicted octanol–water partition coefficient (Wildman–Crippen LogP) is 4.03. The van der Waals surface area contributed by atoms with Crippen LogP contribution in [0.25, 0.3) is 0 Å². The minimum absolute atomic E-state index is 0.0972. The van der Waals surface area contributed by atoms with Crippen molar-refractivity contribution in [1.29, 1.82) is 0 Å². The molecule has 0 spiro atoms. The Hall–Kier alpha value is -3.53. The number of hydrogen-bond donors (Lipinski definition) is 1. The molecule has 2 N–H and O–H groups in total. The lowest BCUT2D eigenvalue weighted by atomic mass is 10.0. The van der Waals surface area contributed by atoms with Gasteiger partial charge < -0.3 is 15.4 Å². The third kappa shape index (κ3) is 5.94. The molecule has 1 aromatic heterocycles. The number of carbonyl (C=O) groups is 1. The number of aryl methyl sites for hydroxylation is 2. The molecule has 184 valence electrons. The highest BCUT2D eigenvalue weighted by Gasteiger charge is 2.32. The highest BCUT2D eigenvalue weighted by Crippen LogP contribution is 2.34. The summed E-state index contributed by atoms with van der Waals surface area (Å²) >= 11 is 0. The predicted molar refractivity (Wildman–Crippen MR) is 121 cm³/mol. The summed E-state index contributed by atoms with van der Waals surface area (Å²) < 4.78 is 59.8. The van der Waals surface area contributed by atoms with E-state index in [2.05, 4.69) is 9.97 Å². The Balaban J connectivity index is 1.51. The number of anilines is 1. The van der Waals surface area contributed by atoms with Gasteiger partial charge >= 0.3 is 6.18 Å². The van der Waals surface area contributed by atoms with Crippen molar-refractivity contribution in [1.82, 2.24) is 9.97 Å². The fourth-order valence-electron chi connectivity index (χ4n) is 4.09. The van der Waals surface area contributed by atoms with E-state index in [4.69, 9.17) is 10.5 Å². The number of rotatable bonds is 7. The molecule has 6 nitrogen and oxygen atoms in total. The van der Waals surface area contributed by atoms with Crippen molar-refractivity contribution in [3.05, 3.63) is 88.6 Å². The van der Waals surface area contributed by atoms with Crippen molar-refractivity contribution < 1.29 is 27.1 Å². The smallest absolute Gasteiger partial charge is 0.377 e. The fraction of sp³-hybridized carbons (Fsp3) is 0.320.